The highest BCUT2D eigenvalue weighted by atomic mass is 19.3. The lowest BCUT2D eigenvalue weighted by Gasteiger charge is -2.28. The lowest BCUT2D eigenvalue weighted by atomic mass is 9.87. The number of nitrogens with zero attached hydrogens (tertiary/aromatic N) is 2. The van der Waals surface area contributed by atoms with Gasteiger partial charge in [-0.15, -0.1) is 0 Å². The Morgan fingerprint density at radius 2 is 2.00 bits per heavy atom. The lowest BCUT2D eigenvalue weighted by Crippen LogP contribution is -2.27. The first kappa shape index (κ1) is 19.7. The maximum absolute atomic E-state index is 14.0. The van der Waals surface area contributed by atoms with E-state index in [0.29, 0.717) is 37.4 Å². The van der Waals surface area contributed by atoms with E-state index >= 15 is 0 Å². The quantitative estimate of drug-likeness (QED) is 0.770. The maximum atomic E-state index is 14.0. The number of rotatable bonds is 7. The third-order valence-electron chi connectivity index (χ3n) is 5.00. The average Bonchev–Trinajstić information content (AvgIpc) is 2.99. The van der Waals surface area contributed by atoms with Crippen LogP contribution in [0.2, 0.25) is 0 Å². The summed E-state index contributed by atoms with van der Waals surface area (Å²) < 4.78 is 48.3. The Morgan fingerprint density at radius 1 is 1.26 bits per heavy atom. The summed E-state index contributed by atoms with van der Waals surface area (Å²) in [4.78, 5) is 0. The van der Waals surface area contributed by atoms with Gasteiger partial charge in [0, 0.05) is 37.6 Å². The second kappa shape index (κ2) is 8.33. The first-order valence-electron chi connectivity index (χ1n) is 9.33. The Balaban J connectivity index is 1.71. The fourth-order valence-electron chi connectivity index (χ4n) is 3.46. The van der Waals surface area contributed by atoms with Crippen LogP contribution in [0, 0.1) is 18.7 Å². The minimum absolute atomic E-state index is 0.0764. The van der Waals surface area contributed by atoms with Crippen molar-refractivity contribution >= 4 is 0 Å². The van der Waals surface area contributed by atoms with E-state index in [2.05, 4.69) is 10.4 Å². The molecule has 1 aliphatic rings. The summed E-state index contributed by atoms with van der Waals surface area (Å²) in [5.74, 6) is -2.17. The summed E-state index contributed by atoms with van der Waals surface area (Å²) >= 11 is 0. The van der Waals surface area contributed by atoms with E-state index in [1.807, 2.05) is 20.0 Å². The molecular formula is C20H26F3N3O. The summed E-state index contributed by atoms with van der Waals surface area (Å²) in [5.41, 5.74) is 2.25. The molecule has 1 aliphatic carbocycles. The monoisotopic (exact) mass is 381 g/mol. The molecule has 4 nitrogen and oxygen atoms in total. The molecule has 0 saturated heterocycles. The maximum Gasteiger partial charge on any atom is 0.248 e. The van der Waals surface area contributed by atoms with Gasteiger partial charge in [-0.1, -0.05) is 11.6 Å². The number of hydrogen-bond acceptors (Lipinski definition) is 3. The van der Waals surface area contributed by atoms with E-state index in [4.69, 9.17) is 4.74 Å². The number of aromatic nitrogens is 2. The van der Waals surface area contributed by atoms with Crippen LogP contribution in [0.1, 0.15) is 42.5 Å². The van der Waals surface area contributed by atoms with Crippen molar-refractivity contribution in [2.45, 2.75) is 58.2 Å². The van der Waals surface area contributed by atoms with Crippen molar-refractivity contribution in [1.29, 1.82) is 0 Å². The van der Waals surface area contributed by atoms with Crippen LogP contribution in [0.5, 0.6) is 5.88 Å². The van der Waals surface area contributed by atoms with E-state index in [9.17, 15) is 13.2 Å². The topological polar surface area (TPSA) is 39.1 Å². The third-order valence-corrected chi connectivity index (χ3v) is 5.00. The van der Waals surface area contributed by atoms with Gasteiger partial charge in [0.05, 0.1) is 5.69 Å². The van der Waals surface area contributed by atoms with E-state index in [1.165, 1.54) is 6.07 Å². The molecule has 7 heteroatoms. The molecule has 0 amide bonds. The molecule has 0 bridgehead atoms. The molecule has 27 heavy (non-hydrogen) atoms. The number of benzene rings is 1. The molecule has 1 aromatic carbocycles. The molecule has 0 unspecified atom stereocenters. The van der Waals surface area contributed by atoms with Gasteiger partial charge >= 0.3 is 0 Å². The molecule has 0 aliphatic heterocycles. The molecule has 1 fully saturated rings. The second-order valence-corrected chi connectivity index (χ2v) is 7.37. The van der Waals surface area contributed by atoms with Gasteiger partial charge < -0.3 is 10.1 Å². The third kappa shape index (κ3) is 5.25. The lowest BCUT2D eigenvalue weighted by molar-refractivity contribution is -0.0478. The van der Waals surface area contributed by atoms with Crippen LogP contribution in [-0.2, 0) is 19.7 Å². The second-order valence-electron chi connectivity index (χ2n) is 7.37. The molecule has 1 N–H and O–H groups in total. The zero-order chi connectivity index (χ0) is 19.4. The Labute approximate surface area is 157 Å². The fraction of sp³-hybridized carbons (Fsp3) is 0.550. The fourth-order valence-corrected chi connectivity index (χ4v) is 3.46. The highest BCUT2D eigenvalue weighted by Crippen LogP contribution is 2.37. The molecule has 1 saturated carbocycles. The van der Waals surface area contributed by atoms with Gasteiger partial charge in [-0.25, -0.2) is 17.9 Å². The predicted octanol–water partition coefficient (Wildman–Crippen LogP) is 4.45. The predicted molar refractivity (Wildman–Crippen MR) is 97.4 cm³/mol. The summed E-state index contributed by atoms with van der Waals surface area (Å²) in [6, 6.07) is 6.72. The summed E-state index contributed by atoms with van der Waals surface area (Å²) in [5, 5.41) is 7.57. The summed E-state index contributed by atoms with van der Waals surface area (Å²) in [7, 11) is 1.82. The van der Waals surface area contributed by atoms with Gasteiger partial charge in [0.1, 0.15) is 12.4 Å². The Bertz CT molecular complexity index is 766. The highest BCUT2D eigenvalue weighted by Gasteiger charge is 2.35. The minimum Gasteiger partial charge on any atom is -0.473 e. The van der Waals surface area contributed by atoms with Crippen molar-refractivity contribution < 1.29 is 17.9 Å². The molecule has 0 atom stereocenters. The molecule has 1 aromatic heterocycles. The van der Waals surface area contributed by atoms with Gasteiger partial charge in [-0.3, -0.25) is 0 Å². The van der Waals surface area contributed by atoms with Crippen LogP contribution < -0.4 is 10.1 Å². The Hall–Kier alpha value is -2.02. The van der Waals surface area contributed by atoms with Crippen molar-refractivity contribution in [2.75, 3.05) is 7.05 Å². The number of aryl methyl sites for hydroxylation is 1. The van der Waals surface area contributed by atoms with Crippen LogP contribution in [0.25, 0.3) is 0 Å². The smallest absolute Gasteiger partial charge is 0.248 e. The summed E-state index contributed by atoms with van der Waals surface area (Å²) in [6.07, 6.45) is 0.792. The van der Waals surface area contributed by atoms with Gasteiger partial charge in [-0.05, 0) is 44.9 Å². The van der Waals surface area contributed by atoms with E-state index in [1.54, 1.807) is 16.8 Å². The highest BCUT2D eigenvalue weighted by molar-refractivity contribution is 5.24. The van der Waals surface area contributed by atoms with Crippen molar-refractivity contribution in [3.63, 3.8) is 0 Å². The van der Waals surface area contributed by atoms with E-state index in [-0.39, 0.29) is 31.2 Å². The SMILES string of the molecule is CNCc1cc(OCc2cc(C)ccc2F)n(CC2CCC(F)(F)CC2)n1. The van der Waals surface area contributed by atoms with Gasteiger partial charge in [0.2, 0.25) is 11.8 Å². The van der Waals surface area contributed by atoms with Gasteiger partial charge in [0.15, 0.2) is 0 Å². The van der Waals surface area contributed by atoms with Crippen molar-refractivity contribution in [3.8, 4) is 5.88 Å². The average molecular weight is 381 g/mol. The molecular weight excluding hydrogens is 355 g/mol. The Kier molecular flexibility index (Phi) is 6.09. The van der Waals surface area contributed by atoms with Crippen LogP contribution in [0.3, 0.4) is 0 Å². The van der Waals surface area contributed by atoms with Crippen LogP contribution in [0.15, 0.2) is 24.3 Å². The Morgan fingerprint density at radius 3 is 2.70 bits per heavy atom. The molecule has 0 radical (unpaired) electrons. The van der Waals surface area contributed by atoms with Crippen molar-refractivity contribution in [1.82, 2.24) is 15.1 Å². The molecule has 3 rings (SSSR count). The van der Waals surface area contributed by atoms with Crippen molar-refractivity contribution in [2.24, 2.45) is 5.92 Å². The van der Waals surface area contributed by atoms with Crippen LogP contribution >= 0.6 is 0 Å². The van der Waals surface area contributed by atoms with E-state index < -0.39 is 5.92 Å². The van der Waals surface area contributed by atoms with Crippen LogP contribution in [0.4, 0.5) is 13.2 Å². The standard InChI is InChI=1S/C20H26F3N3O/c1-14-3-4-18(21)16(9-14)13-27-19-10-17(11-24-2)25-26(19)12-15-5-7-20(22,23)8-6-15/h3-4,9-10,15,24H,5-8,11-13H2,1-2H3. The van der Waals surface area contributed by atoms with E-state index in [0.717, 1.165) is 11.3 Å². The normalized spacial score (nSPS) is 17.2. The van der Waals surface area contributed by atoms with Gasteiger partial charge in [-0.2, -0.15) is 5.10 Å². The number of ether oxygens (including phenoxy) is 1. The zero-order valence-electron chi connectivity index (χ0n) is 15.8. The largest absolute Gasteiger partial charge is 0.473 e. The first-order valence-corrected chi connectivity index (χ1v) is 9.33. The van der Waals surface area contributed by atoms with Crippen molar-refractivity contribution in [3.05, 3.63) is 46.9 Å². The molecule has 148 valence electrons. The molecule has 2 aromatic rings. The zero-order valence-corrected chi connectivity index (χ0v) is 15.8. The molecule has 1 heterocycles. The van der Waals surface area contributed by atoms with Crippen LogP contribution in [-0.4, -0.2) is 22.8 Å². The molecule has 0 spiro atoms. The first-order chi connectivity index (χ1) is 12.9. The van der Waals surface area contributed by atoms with Gasteiger partial charge in [0.25, 0.3) is 0 Å². The number of nitrogens with one attached hydrogen (secondary N) is 1. The number of hydrogen-bond donors (Lipinski definition) is 1. The minimum atomic E-state index is -2.54. The number of alkyl halides is 2. The number of halogens is 3. The summed E-state index contributed by atoms with van der Waals surface area (Å²) in [6.45, 7) is 3.11.